The Morgan fingerprint density at radius 1 is 1.18 bits per heavy atom. The lowest BCUT2D eigenvalue weighted by Gasteiger charge is -2.20. The van der Waals surface area contributed by atoms with Gasteiger partial charge in [0.05, 0.1) is 0 Å². The summed E-state index contributed by atoms with van der Waals surface area (Å²) in [7, 11) is 0. The van der Waals surface area contributed by atoms with Gasteiger partial charge in [0.15, 0.2) is 6.10 Å². The zero-order valence-corrected chi connectivity index (χ0v) is 10.3. The maximum absolute atomic E-state index is 12.3. The van der Waals surface area contributed by atoms with Gasteiger partial charge in [-0.3, -0.25) is 0 Å². The number of halogens is 3. The maximum atomic E-state index is 12.3. The van der Waals surface area contributed by atoms with Crippen LogP contribution in [0.1, 0.15) is 33.4 Å². The van der Waals surface area contributed by atoms with E-state index in [9.17, 15) is 13.2 Å². The predicted molar refractivity (Wildman–Crippen MR) is 59.1 cm³/mol. The van der Waals surface area contributed by atoms with Gasteiger partial charge in [-0.1, -0.05) is 26.8 Å². The molecule has 0 spiro atoms. The zero-order chi connectivity index (χ0) is 13.3. The fourth-order valence-corrected chi connectivity index (χ4v) is 1.15. The molecule has 0 saturated carbocycles. The number of pyridine rings is 1. The Bertz CT molecular complexity index is 382. The molecule has 0 saturated heterocycles. The summed E-state index contributed by atoms with van der Waals surface area (Å²) in [6.45, 7) is 6.77. The van der Waals surface area contributed by atoms with Crippen molar-refractivity contribution in [3.63, 3.8) is 0 Å². The van der Waals surface area contributed by atoms with Gasteiger partial charge >= 0.3 is 6.18 Å². The van der Waals surface area contributed by atoms with Gasteiger partial charge in [-0.05, 0) is 13.0 Å². The van der Waals surface area contributed by atoms with Crippen molar-refractivity contribution in [3.05, 3.63) is 23.9 Å². The van der Waals surface area contributed by atoms with E-state index in [1.54, 1.807) is 12.1 Å². The third-order valence-electron chi connectivity index (χ3n) is 2.25. The van der Waals surface area contributed by atoms with E-state index in [0.29, 0.717) is 5.69 Å². The molecular formula is C12H16F3NO. The van der Waals surface area contributed by atoms with Crippen molar-refractivity contribution in [2.75, 3.05) is 0 Å². The van der Waals surface area contributed by atoms with Gasteiger partial charge in [-0.15, -0.1) is 0 Å². The van der Waals surface area contributed by atoms with Crippen LogP contribution in [0.3, 0.4) is 0 Å². The van der Waals surface area contributed by atoms with Crippen molar-refractivity contribution in [2.24, 2.45) is 0 Å². The third-order valence-corrected chi connectivity index (χ3v) is 2.25. The largest absolute Gasteiger partial charge is 0.465 e. The summed E-state index contributed by atoms with van der Waals surface area (Å²) in [5, 5.41) is 0. The number of nitrogens with zero attached hydrogens (tertiary/aromatic N) is 1. The molecule has 0 aliphatic rings. The van der Waals surface area contributed by atoms with Crippen LogP contribution in [0.25, 0.3) is 0 Å². The van der Waals surface area contributed by atoms with Gasteiger partial charge in [0.25, 0.3) is 0 Å². The Labute approximate surface area is 98.8 Å². The maximum Gasteiger partial charge on any atom is 0.425 e. The highest BCUT2D eigenvalue weighted by Gasteiger charge is 2.38. The highest BCUT2D eigenvalue weighted by atomic mass is 19.4. The fourth-order valence-electron chi connectivity index (χ4n) is 1.15. The van der Waals surface area contributed by atoms with Gasteiger partial charge in [0.1, 0.15) is 0 Å². The van der Waals surface area contributed by atoms with Crippen molar-refractivity contribution in [2.45, 2.75) is 45.4 Å². The van der Waals surface area contributed by atoms with E-state index in [0.717, 1.165) is 6.92 Å². The topological polar surface area (TPSA) is 22.1 Å². The molecule has 5 heteroatoms. The Balaban J connectivity index is 2.87. The van der Waals surface area contributed by atoms with Gasteiger partial charge in [-0.25, -0.2) is 4.98 Å². The molecule has 0 aliphatic heterocycles. The zero-order valence-electron chi connectivity index (χ0n) is 10.3. The highest BCUT2D eigenvalue weighted by molar-refractivity contribution is 5.21. The van der Waals surface area contributed by atoms with Crippen LogP contribution < -0.4 is 4.74 Å². The van der Waals surface area contributed by atoms with Crippen LogP contribution in [0.2, 0.25) is 0 Å². The van der Waals surface area contributed by atoms with Crippen LogP contribution in [0.15, 0.2) is 18.2 Å². The van der Waals surface area contributed by atoms with E-state index in [2.05, 4.69) is 4.98 Å². The average molecular weight is 247 g/mol. The molecule has 0 aromatic carbocycles. The molecule has 1 heterocycles. The highest BCUT2D eigenvalue weighted by Crippen LogP contribution is 2.26. The van der Waals surface area contributed by atoms with Gasteiger partial charge < -0.3 is 4.74 Å². The summed E-state index contributed by atoms with van der Waals surface area (Å²) in [5.74, 6) is 0.00208. The molecule has 0 N–H and O–H groups in total. The molecule has 17 heavy (non-hydrogen) atoms. The third kappa shape index (κ3) is 3.91. The molecule has 0 fully saturated rings. The molecule has 1 rings (SSSR count). The summed E-state index contributed by atoms with van der Waals surface area (Å²) < 4.78 is 41.7. The van der Waals surface area contributed by atoms with E-state index >= 15 is 0 Å². The molecule has 1 aromatic rings. The van der Waals surface area contributed by atoms with Crippen LogP contribution in [-0.4, -0.2) is 17.3 Å². The second kappa shape index (κ2) is 4.55. The Morgan fingerprint density at radius 3 is 2.24 bits per heavy atom. The molecule has 2 nitrogen and oxygen atoms in total. The SMILES string of the molecule is CC(Oc1cccc(C(C)(C)C)n1)C(F)(F)F. The summed E-state index contributed by atoms with van der Waals surface area (Å²) in [6, 6.07) is 4.84. The first-order valence-corrected chi connectivity index (χ1v) is 5.31. The number of rotatable bonds is 2. The molecule has 1 aromatic heterocycles. The molecular weight excluding hydrogens is 231 g/mol. The summed E-state index contributed by atoms with van der Waals surface area (Å²) >= 11 is 0. The Hall–Kier alpha value is -1.26. The van der Waals surface area contributed by atoms with Crippen molar-refractivity contribution >= 4 is 0 Å². The van der Waals surface area contributed by atoms with Crippen LogP contribution in [-0.2, 0) is 5.41 Å². The summed E-state index contributed by atoms with van der Waals surface area (Å²) in [4.78, 5) is 4.08. The molecule has 0 aliphatic carbocycles. The minimum Gasteiger partial charge on any atom is -0.465 e. The lowest BCUT2D eigenvalue weighted by Crippen LogP contribution is -2.31. The number of alkyl halides is 3. The molecule has 0 radical (unpaired) electrons. The van der Waals surface area contributed by atoms with E-state index in [4.69, 9.17) is 4.74 Å². The lowest BCUT2D eigenvalue weighted by atomic mass is 9.92. The van der Waals surface area contributed by atoms with Gasteiger partial charge in [0, 0.05) is 17.2 Å². The Kier molecular flexibility index (Phi) is 3.69. The molecule has 96 valence electrons. The van der Waals surface area contributed by atoms with E-state index in [1.807, 2.05) is 20.8 Å². The smallest absolute Gasteiger partial charge is 0.425 e. The summed E-state index contributed by atoms with van der Waals surface area (Å²) in [6.07, 6.45) is -6.23. The van der Waals surface area contributed by atoms with Crippen molar-refractivity contribution < 1.29 is 17.9 Å². The van der Waals surface area contributed by atoms with E-state index in [1.165, 1.54) is 6.07 Å². The van der Waals surface area contributed by atoms with Gasteiger partial charge in [0.2, 0.25) is 5.88 Å². The minimum atomic E-state index is -4.38. The molecule has 1 unspecified atom stereocenters. The molecule has 1 atom stereocenters. The first-order chi connectivity index (χ1) is 7.60. The molecule has 0 amide bonds. The Morgan fingerprint density at radius 2 is 1.76 bits per heavy atom. The van der Waals surface area contributed by atoms with Crippen molar-refractivity contribution in [1.29, 1.82) is 0 Å². The second-order valence-electron chi connectivity index (χ2n) is 4.91. The second-order valence-corrected chi connectivity index (χ2v) is 4.91. The van der Waals surface area contributed by atoms with Crippen LogP contribution in [0.5, 0.6) is 5.88 Å². The number of ether oxygens (including phenoxy) is 1. The quantitative estimate of drug-likeness (QED) is 0.794. The van der Waals surface area contributed by atoms with E-state index in [-0.39, 0.29) is 11.3 Å². The normalized spacial score (nSPS) is 14.5. The van der Waals surface area contributed by atoms with Crippen molar-refractivity contribution in [1.82, 2.24) is 4.98 Å². The first-order valence-electron chi connectivity index (χ1n) is 5.31. The van der Waals surface area contributed by atoms with Crippen LogP contribution in [0.4, 0.5) is 13.2 Å². The molecule has 0 bridgehead atoms. The fraction of sp³-hybridized carbons (Fsp3) is 0.583. The van der Waals surface area contributed by atoms with Crippen molar-refractivity contribution in [3.8, 4) is 5.88 Å². The number of aromatic nitrogens is 1. The van der Waals surface area contributed by atoms with Crippen LogP contribution in [0, 0.1) is 0 Å². The average Bonchev–Trinajstić information content (AvgIpc) is 2.15. The van der Waals surface area contributed by atoms with Crippen LogP contribution >= 0.6 is 0 Å². The monoisotopic (exact) mass is 247 g/mol. The summed E-state index contributed by atoms with van der Waals surface area (Å²) in [5.41, 5.74) is 0.477. The minimum absolute atomic E-state index is 0.00208. The number of hydrogen-bond donors (Lipinski definition) is 0. The number of hydrogen-bond acceptors (Lipinski definition) is 2. The lowest BCUT2D eigenvalue weighted by molar-refractivity contribution is -0.190. The standard InChI is InChI=1S/C12H16F3NO/c1-8(12(13,14)15)17-10-7-5-6-9(16-10)11(2,3)4/h5-8H,1-4H3. The predicted octanol–water partition coefficient (Wildman–Crippen LogP) is 3.71. The first kappa shape index (κ1) is 13.8. The van der Waals surface area contributed by atoms with E-state index < -0.39 is 12.3 Å². The van der Waals surface area contributed by atoms with Gasteiger partial charge in [-0.2, -0.15) is 13.2 Å².